The van der Waals surface area contributed by atoms with Gasteiger partial charge in [-0.15, -0.1) is 11.3 Å². The molecule has 0 bridgehead atoms. The molecule has 0 amide bonds. The Balaban J connectivity index is 2.10. The number of rotatable bonds is 3. The first kappa shape index (κ1) is 14.1. The van der Waals surface area contributed by atoms with Crippen LogP contribution in [0.1, 0.15) is 16.0 Å². The molecular formula is C15H11FN2OS. The number of benzene rings is 1. The third-order valence-electron chi connectivity index (χ3n) is 2.49. The van der Waals surface area contributed by atoms with Crippen LogP contribution in [0.3, 0.4) is 0 Å². The zero-order valence-electron chi connectivity index (χ0n) is 10.5. The summed E-state index contributed by atoms with van der Waals surface area (Å²) in [6, 6.07) is 7.87. The van der Waals surface area contributed by atoms with E-state index in [9.17, 15) is 4.39 Å². The SMILES string of the molecule is N#Cc1ccc(OCc2sccc2C#CCN)c(F)c1. The first-order valence-electron chi connectivity index (χ1n) is 5.82. The Labute approximate surface area is 120 Å². The monoisotopic (exact) mass is 286 g/mol. The topological polar surface area (TPSA) is 59.0 Å². The smallest absolute Gasteiger partial charge is 0.166 e. The molecule has 0 spiro atoms. The minimum absolute atomic E-state index is 0.120. The van der Waals surface area contributed by atoms with Gasteiger partial charge in [-0.3, -0.25) is 0 Å². The van der Waals surface area contributed by atoms with Crippen molar-refractivity contribution in [1.29, 1.82) is 5.26 Å². The molecule has 5 heteroatoms. The van der Waals surface area contributed by atoms with Crippen LogP contribution in [-0.2, 0) is 6.61 Å². The summed E-state index contributed by atoms with van der Waals surface area (Å²) < 4.78 is 19.1. The van der Waals surface area contributed by atoms with Crippen molar-refractivity contribution in [3.63, 3.8) is 0 Å². The highest BCUT2D eigenvalue weighted by Crippen LogP contribution is 2.22. The fraction of sp³-hybridized carbons (Fsp3) is 0.133. The van der Waals surface area contributed by atoms with Crippen LogP contribution in [0.2, 0.25) is 0 Å². The molecule has 2 rings (SSSR count). The molecule has 0 aliphatic rings. The van der Waals surface area contributed by atoms with Gasteiger partial charge in [-0.2, -0.15) is 5.26 Å². The van der Waals surface area contributed by atoms with Crippen molar-refractivity contribution in [2.45, 2.75) is 6.61 Å². The summed E-state index contributed by atoms with van der Waals surface area (Å²) in [5, 5.41) is 10.6. The van der Waals surface area contributed by atoms with Crippen LogP contribution in [-0.4, -0.2) is 6.54 Å². The maximum absolute atomic E-state index is 13.7. The third kappa shape index (κ3) is 3.36. The van der Waals surface area contributed by atoms with Crippen LogP contribution >= 0.6 is 11.3 Å². The fourth-order valence-corrected chi connectivity index (χ4v) is 2.28. The quantitative estimate of drug-likeness (QED) is 0.882. The molecular weight excluding hydrogens is 275 g/mol. The van der Waals surface area contributed by atoms with Gasteiger partial charge in [0.05, 0.1) is 23.1 Å². The van der Waals surface area contributed by atoms with Gasteiger partial charge < -0.3 is 10.5 Å². The summed E-state index contributed by atoms with van der Waals surface area (Å²) in [4.78, 5) is 0.912. The lowest BCUT2D eigenvalue weighted by atomic mass is 10.2. The van der Waals surface area contributed by atoms with Gasteiger partial charge in [-0.1, -0.05) is 11.8 Å². The third-order valence-corrected chi connectivity index (χ3v) is 3.38. The summed E-state index contributed by atoms with van der Waals surface area (Å²) in [7, 11) is 0. The van der Waals surface area contributed by atoms with Crippen LogP contribution in [0.15, 0.2) is 29.6 Å². The van der Waals surface area contributed by atoms with Crippen molar-refractivity contribution in [2.75, 3.05) is 6.54 Å². The Morgan fingerprint density at radius 1 is 1.35 bits per heavy atom. The Morgan fingerprint density at radius 3 is 2.90 bits per heavy atom. The lowest BCUT2D eigenvalue weighted by Crippen LogP contribution is -1.98. The number of nitriles is 1. The van der Waals surface area contributed by atoms with Crippen LogP contribution in [0.4, 0.5) is 4.39 Å². The first-order chi connectivity index (χ1) is 9.74. The molecule has 0 atom stereocenters. The van der Waals surface area contributed by atoms with Gasteiger partial charge in [0.25, 0.3) is 0 Å². The van der Waals surface area contributed by atoms with E-state index in [0.717, 1.165) is 16.5 Å². The molecule has 0 aliphatic carbocycles. The second-order valence-electron chi connectivity index (χ2n) is 3.81. The minimum Gasteiger partial charge on any atom is -0.485 e. The maximum Gasteiger partial charge on any atom is 0.166 e. The first-order valence-corrected chi connectivity index (χ1v) is 6.70. The summed E-state index contributed by atoms with van der Waals surface area (Å²) in [5.74, 6) is 5.29. The minimum atomic E-state index is -0.546. The number of nitrogens with two attached hydrogens (primary N) is 1. The van der Waals surface area contributed by atoms with Gasteiger partial charge in [-0.25, -0.2) is 4.39 Å². The highest BCUT2D eigenvalue weighted by Gasteiger charge is 2.07. The Hall–Kier alpha value is -2.34. The molecule has 2 N–H and O–H groups in total. The number of thiophene rings is 1. The van der Waals surface area contributed by atoms with Gasteiger partial charge in [0.15, 0.2) is 11.6 Å². The van der Waals surface area contributed by atoms with E-state index >= 15 is 0 Å². The Morgan fingerprint density at radius 2 is 2.20 bits per heavy atom. The van der Waals surface area contributed by atoms with Crippen molar-refractivity contribution in [3.05, 3.63) is 51.5 Å². The van der Waals surface area contributed by atoms with E-state index in [1.165, 1.54) is 23.5 Å². The molecule has 1 heterocycles. The standard InChI is InChI=1S/C15H11FN2OS/c16-13-8-11(9-18)3-4-14(13)19-10-15-12(2-1-6-17)5-7-20-15/h3-5,7-8H,6,10,17H2. The van der Waals surface area contributed by atoms with Crippen LogP contribution < -0.4 is 10.5 Å². The van der Waals surface area contributed by atoms with Crippen LogP contribution in [0.25, 0.3) is 0 Å². The van der Waals surface area contributed by atoms with E-state index < -0.39 is 5.82 Å². The molecule has 1 aromatic heterocycles. The predicted octanol–water partition coefficient (Wildman–Crippen LogP) is 2.65. The molecule has 3 nitrogen and oxygen atoms in total. The average Bonchev–Trinajstić information content (AvgIpc) is 2.91. The van der Waals surface area contributed by atoms with Crippen LogP contribution in [0.5, 0.6) is 5.75 Å². The van der Waals surface area contributed by atoms with E-state index in [0.29, 0.717) is 6.54 Å². The molecule has 0 saturated carbocycles. The van der Waals surface area contributed by atoms with E-state index in [-0.39, 0.29) is 17.9 Å². The molecule has 100 valence electrons. The zero-order chi connectivity index (χ0) is 14.4. The van der Waals surface area contributed by atoms with Gasteiger partial charge in [0.2, 0.25) is 0 Å². The second-order valence-corrected chi connectivity index (χ2v) is 4.81. The number of halogens is 1. The summed E-state index contributed by atoms with van der Waals surface area (Å²) in [6.45, 7) is 0.523. The predicted molar refractivity (Wildman–Crippen MR) is 75.7 cm³/mol. The van der Waals surface area contributed by atoms with Gasteiger partial charge in [-0.05, 0) is 29.6 Å². The fourth-order valence-electron chi connectivity index (χ4n) is 1.54. The molecule has 2 aromatic rings. The molecule has 0 unspecified atom stereocenters. The molecule has 0 radical (unpaired) electrons. The highest BCUT2D eigenvalue weighted by atomic mass is 32.1. The molecule has 0 saturated heterocycles. The Kier molecular flexibility index (Phi) is 4.73. The van der Waals surface area contributed by atoms with Crippen molar-refractivity contribution >= 4 is 11.3 Å². The largest absolute Gasteiger partial charge is 0.485 e. The van der Waals surface area contributed by atoms with Gasteiger partial charge >= 0.3 is 0 Å². The second kappa shape index (κ2) is 6.72. The molecule has 0 aliphatic heterocycles. The van der Waals surface area contributed by atoms with Gasteiger partial charge in [0.1, 0.15) is 6.61 Å². The van der Waals surface area contributed by atoms with Crippen molar-refractivity contribution < 1.29 is 9.13 Å². The van der Waals surface area contributed by atoms with Gasteiger partial charge in [0, 0.05) is 5.56 Å². The van der Waals surface area contributed by atoms with Crippen molar-refractivity contribution in [1.82, 2.24) is 0 Å². The Bertz CT molecular complexity index is 707. The normalized spacial score (nSPS) is 9.45. The lowest BCUT2D eigenvalue weighted by molar-refractivity contribution is 0.293. The molecule has 0 fully saturated rings. The number of nitrogens with zero attached hydrogens (tertiary/aromatic N) is 1. The molecule has 20 heavy (non-hydrogen) atoms. The summed E-state index contributed by atoms with van der Waals surface area (Å²) >= 11 is 1.49. The van der Waals surface area contributed by atoms with Crippen molar-refractivity contribution in [2.24, 2.45) is 5.73 Å². The maximum atomic E-state index is 13.7. The number of ether oxygens (including phenoxy) is 1. The van der Waals surface area contributed by atoms with Crippen molar-refractivity contribution in [3.8, 4) is 23.7 Å². The summed E-state index contributed by atoms with van der Waals surface area (Å²) in [5.41, 5.74) is 6.44. The lowest BCUT2D eigenvalue weighted by Gasteiger charge is -2.06. The van der Waals surface area contributed by atoms with E-state index in [4.69, 9.17) is 15.7 Å². The van der Waals surface area contributed by atoms with E-state index in [2.05, 4.69) is 11.8 Å². The van der Waals surface area contributed by atoms with Crippen LogP contribution in [0, 0.1) is 29.0 Å². The summed E-state index contributed by atoms with van der Waals surface area (Å²) in [6.07, 6.45) is 0. The van der Waals surface area contributed by atoms with E-state index in [1.54, 1.807) is 0 Å². The highest BCUT2D eigenvalue weighted by molar-refractivity contribution is 7.10. The number of hydrogen-bond acceptors (Lipinski definition) is 4. The average molecular weight is 286 g/mol. The van der Waals surface area contributed by atoms with E-state index in [1.807, 2.05) is 17.5 Å². The zero-order valence-corrected chi connectivity index (χ0v) is 11.3. The number of hydrogen-bond donors (Lipinski definition) is 1. The molecule has 1 aromatic carbocycles.